The van der Waals surface area contributed by atoms with Crippen LogP contribution >= 0.6 is 0 Å². The van der Waals surface area contributed by atoms with Crippen molar-refractivity contribution < 1.29 is 0 Å². The van der Waals surface area contributed by atoms with Gasteiger partial charge in [-0.25, -0.2) is 0 Å². The summed E-state index contributed by atoms with van der Waals surface area (Å²) in [5.41, 5.74) is 21.3. The van der Waals surface area contributed by atoms with Crippen LogP contribution < -0.4 is 0 Å². The molecule has 0 radical (unpaired) electrons. The summed E-state index contributed by atoms with van der Waals surface area (Å²) in [5, 5.41) is 2.73. The van der Waals surface area contributed by atoms with E-state index in [1.54, 1.807) is 11.1 Å². The van der Waals surface area contributed by atoms with E-state index in [2.05, 4.69) is 206 Å². The first kappa shape index (κ1) is 35.9. The van der Waals surface area contributed by atoms with Gasteiger partial charge in [-0.1, -0.05) is 170 Å². The molecular weight excluding hydrogens is 745 g/mol. The normalized spacial score (nSPS) is 21.6. The van der Waals surface area contributed by atoms with Crippen molar-refractivity contribution in [3.05, 3.63) is 217 Å². The quantitative estimate of drug-likeness (QED) is 0.157. The molecule has 0 heteroatoms. The largest absolute Gasteiger partial charge is 0.0622 e. The van der Waals surface area contributed by atoms with Crippen molar-refractivity contribution >= 4 is 10.8 Å². The van der Waals surface area contributed by atoms with Gasteiger partial charge in [-0.2, -0.15) is 0 Å². The van der Waals surface area contributed by atoms with Gasteiger partial charge >= 0.3 is 0 Å². The Balaban J connectivity index is 0.975. The lowest BCUT2D eigenvalue weighted by molar-refractivity contribution is -0.0398. The number of rotatable bonds is 6. The number of hydrogen-bond donors (Lipinski definition) is 0. The molecule has 5 aliphatic rings. The van der Waals surface area contributed by atoms with Gasteiger partial charge in [0.15, 0.2) is 0 Å². The summed E-state index contributed by atoms with van der Waals surface area (Å²) in [6.07, 6.45) is 7.01. The Labute approximate surface area is 365 Å². The lowest BCUT2D eigenvalue weighted by atomic mass is 9.43. The van der Waals surface area contributed by atoms with Crippen molar-refractivity contribution in [2.24, 2.45) is 23.7 Å². The standard InChI is InChI=1S/C62H48/c1-3-15-42(16-4-1)48-35-49(37-50(36-48)55-25-10-9-23-53(55)43-17-5-2-6-18-43)44-21-13-22-47(34-44)54-24-11-12-26-56(54)57-27-14-28-59-61(57)58-38-45-19-7-8-20-46(45)39-60(58)62(59)51-30-40-29-41(32-51)33-52(62)31-40/h1-28,34-41,51-52H,29-33H2. The number of benzene rings is 9. The van der Waals surface area contributed by atoms with E-state index < -0.39 is 0 Å². The van der Waals surface area contributed by atoms with E-state index in [0.717, 1.165) is 23.7 Å². The molecule has 0 atom stereocenters. The van der Waals surface area contributed by atoms with Crippen molar-refractivity contribution in [3.8, 4) is 77.9 Å². The maximum absolute atomic E-state index is 2.63. The van der Waals surface area contributed by atoms with E-state index in [1.807, 2.05) is 0 Å². The van der Waals surface area contributed by atoms with Gasteiger partial charge in [0.05, 0.1) is 0 Å². The maximum atomic E-state index is 2.63. The zero-order chi connectivity index (χ0) is 40.8. The van der Waals surface area contributed by atoms with Crippen LogP contribution in [0.15, 0.2) is 206 Å². The SMILES string of the molecule is c1ccc(-c2cc(-c3cccc(-c4ccccc4-c4cccc5c4-c4cc6ccccc6cc4C54C5CC6CC(C5)CC4C6)c3)cc(-c3ccccc3-c3ccccc3)c2)cc1. The highest BCUT2D eigenvalue weighted by atomic mass is 14.6. The lowest BCUT2D eigenvalue weighted by Gasteiger charge is -2.61. The smallest absolute Gasteiger partial charge is 0.0272 e. The molecule has 4 bridgehead atoms. The summed E-state index contributed by atoms with van der Waals surface area (Å²) >= 11 is 0. The molecule has 0 amide bonds. The van der Waals surface area contributed by atoms with E-state index in [0.29, 0.717) is 0 Å². The second-order valence-corrected chi connectivity index (χ2v) is 18.8. The van der Waals surface area contributed by atoms with E-state index in [4.69, 9.17) is 0 Å². The zero-order valence-electron chi connectivity index (χ0n) is 35.0. The minimum Gasteiger partial charge on any atom is -0.0622 e. The molecule has 62 heavy (non-hydrogen) atoms. The predicted octanol–water partition coefficient (Wildman–Crippen LogP) is 16.6. The second kappa shape index (κ2) is 14.1. The third kappa shape index (κ3) is 5.52. The fourth-order valence-corrected chi connectivity index (χ4v) is 13.3. The van der Waals surface area contributed by atoms with Crippen molar-refractivity contribution in [2.45, 2.75) is 37.5 Å². The third-order valence-corrected chi connectivity index (χ3v) is 15.6. The maximum Gasteiger partial charge on any atom is 0.0272 e. The predicted molar refractivity (Wildman–Crippen MR) is 260 cm³/mol. The molecule has 4 fully saturated rings. The molecule has 0 heterocycles. The van der Waals surface area contributed by atoms with E-state index >= 15 is 0 Å². The molecule has 0 nitrogen and oxygen atoms in total. The average molecular weight is 793 g/mol. The molecule has 296 valence electrons. The van der Waals surface area contributed by atoms with Crippen LogP contribution in [0.1, 0.15) is 43.2 Å². The highest BCUT2D eigenvalue weighted by Crippen LogP contribution is 2.70. The highest BCUT2D eigenvalue weighted by molar-refractivity contribution is 6.01. The summed E-state index contributed by atoms with van der Waals surface area (Å²) in [6.45, 7) is 0. The minimum atomic E-state index is 0.105. The molecule has 14 rings (SSSR count). The summed E-state index contributed by atoms with van der Waals surface area (Å²) in [6, 6.07) is 77.8. The Morgan fingerprint density at radius 1 is 0.274 bits per heavy atom. The van der Waals surface area contributed by atoms with Crippen molar-refractivity contribution in [1.82, 2.24) is 0 Å². The second-order valence-electron chi connectivity index (χ2n) is 18.8. The Morgan fingerprint density at radius 2 is 0.742 bits per heavy atom. The van der Waals surface area contributed by atoms with Crippen LogP contribution in [0.5, 0.6) is 0 Å². The summed E-state index contributed by atoms with van der Waals surface area (Å²) in [5.74, 6) is 3.27. The van der Waals surface area contributed by atoms with Gasteiger partial charge in [0, 0.05) is 5.41 Å². The molecule has 9 aromatic carbocycles. The lowest BCUT2D eigenvalue weighted by Crippen LogP contribution is -2.55. The van der Waals surface area contributed by atoms with Gasteiger partial charge in [0.1, 0.15) is 0 Å². The number of hydrogen-bond acceptors (Lipinski definition) is 0. The molecule has 0 aromatic heterocycles. The molecule has 5 aliphatic carbocycles. The van der Waals surface area contributed by atoms with Crippen LogP contribution in [0.3, 0.4) is 0 Å². The fourth-order valence-electron chi connectivity index (χ4n) is 13.3. The Kier molecular flexibility index (Phi) is 8.20. The summed E-state index contributed by atoms with van der Waals surface area (Å²) in [4.78, 5) is 0. The van der Waals surface area contributed by atoms with E-state index in [1.165, 1.54) is 121 Å². The summed E-state index contributed by atoms with van der Waals surface area (Å²) < 4.78 is 0. The van der Waals surface area contributed by atoms with Crippen LogP contribution in [-0.4, -0.2) is 0 Å². The van der Waals surface area contributed by atoms with Crippen LogP contribution in [0.2, 0.25) is 0 Å². The van der Waals surface area contributed by atoms with Crippen molar-refractivity contribution in [2.75, 3.05) is 0 Å². The van der Waals surface area contributed by atoms with Crippen molar-refractivity contribution in [3.63, 3.8) is 0 Å². The summed E-state index contributed by atoms with van der Waals surface area (Å²) in [7, 11) is 0. The van der Waals surface area contributed by atoms with Crippen molar-refractivity contribution in [1.29, 1.82) is 0 Å². The van der Waals surface area contributed by atoms with Gasteiger partial charge in [-0.3, -0.25) is 0 Å². The molecule has 4 saturated carbocycles. The third-order valence-electron chi connectivity index (χ3n) is 15.6. The molecule has 0 N–H and O–H groups in total. The monoisotopic (exact) mass is 792 g/mol. The van der Waals surface area contributed by atoms with Gasteiger partial charge in [-0.05, 0) is 192 Å². The van der Waals surface area contributed by atoms with E-state index in [9.17, 15) is 0 Å². The number of fused-ring (bicyclic) bond motifs is 4. The molecular formula is C62H48. The van der Waals surface area contributed by atoms with Crippen LogP contribution in [0.4, 0.5) is 0 Å². The average Bonchev–Trinajstić information content (AvgIpc) is 3.62. The van der Waals surface area contributed by atoms with Crippen LogP contribution in [0, 0.1) is 23.7 Å². The van der Waals surface area contributed by atoms with E-state index in [-0.39, 0.29) is 5.41 Å². The topological polar surface area (TPSA) is 0 Å². The Bertz CT molecular complexity index is 3160. The molecule has 1 spiro atoms. The zero-order valence-corrected chi connectivity index (χ0v) is 35.0. The van der Waals surface area contributed by atoms with Gasteiger partial charge < -0.3 is 0 Å². The van der Waals surface area contributed by atoms with Crippen LogP contribution in [0.25, 0.3) is 88.7 Å². The first-order valence-electron chi connectivity index (χ1n) is 22.9. The molecule has 0 unspecified atom stereocenters. The Hall–Kier alpha value is -6.76. The first-order valence-corrected chi connectivity index (χ1v) is 22.9. The van der Waals surface area contributed by atoms with Gasteiger partial charge in [-0.15, -0.1) is 0 Å². The van der Waals surface area contributed by atoms with Crippen LogP contribution in [-0.2, 0) is 5.41 Å². The highest BCUT2D eigenvalue weighted by Gasteiger charge is 2.61. The molecule has 0 saturated heterocycles. The molecule has 9 aromatic rings. The molecule has 0 aliphatic heterocycles. The Morgan fingerprint density at radius 3 is 1.44 bits per heavy atom. The first-order chi connectivity index (χ1) is 30.7. The minimum absolute atomic E-state index is 0.105. The fraction of sp³-hybridized carbons (Fsp3) is 0.161. The van der Waals surface area contributed by atoms with Gasteiger partial charge in [0.25, 0.3) is 0 Å². The van der Waals surface area contributed by atoms with Gasteiger partial charge in [0.2, 0.25) is 0 Å².